The van der Waals surface area contributed by atoms with E-state index in [0.29, 0.717) is 36.0 Å². The second kappa shape index (κ2) is 10.6. The molecule has 1 saturated heterocycles. The lowest BCUT2D eigenvalue weighted by atomic mass is 10.1. The zero-order chi connectivity index (χ0) is 26.0. The van der Waals surface area contributed by atoms with Gasteiger partial charge in [0.1, 0.15) is 24.0 Å². The lowest BCUT2D eigenvalue weighted by Crippen LogP contribution is -2.38. The number of pyridine rings is 1. The summed E-state index contributed by atoms with van der Waals surface area (Å²) >= 11 is 0. The lowest BCUT2D eigenvalue weighted by Gasteiger charge is -2.41. The number of aromatic nitrogens is 3. The molecule has 2 aromatic carbocycles. The molecular formula is C26H28F2N4O4S. The minimum Gasteiger partial charge on any atom is -0.434 e. The van der Waals surface area contributed by atoms with E-state index in [2.05, 4.69) is 9.88 Å². The predicted octanol–water partition coefficient (Wildman–Crippen LogP) is 5.47. The number of para-hydroxylation sites is 1. The number of rotatable bonds is 8. The van der Waals surface area contributed by atoms with Crippen molar-refractivity contribution in [2.45, 2.75) is 19.8 Å². The van der Waals surface area contributed by atoms with Crippen molar-refractivity contribution in [1.29, 1.82) is 0 Å². The highest BCUT2D eigenvalue weighted by atomic mass is 32.3. The fraction of sp³-hybridized carbons (Fsp3) is 0.308. The van der Waals surface area contributed by atoms with Crippen molar-refractivity contribution >= 4 is 27.4 Å². The Morgan fingerprint density at radius 2 is 1.78 bits per heavy atom. The van der Waals surface area contributed by atoms with Gasteiger partial charge in [0.2, 0.25) is 0 Å². The number of imidazole rings is 1. The monoisotopic (exact) mass is 530 g/mol. The molecule has 0 aliphatic carbocycles. The highest BCUT2D eigenvalue weighted by Crippen LogP contribution is 2.41. The topological polar surface area (TPSA) is 92.9 Å². The molecule has 1 aliphatic rings. The molecule has 196 valence electrons. The van der Waals surface area contributed by atoms with Crippen LogP contribution in [-0.4, -0.2) is 62.0 Å². The molecule has 4 aromatic rings. The lowest BCUT2D eigenvalue weighted by molar-refractivity contribution is -0.0504. The van der Waals surface area contributed by atoms with Crippen LogP contribution < -0.4 is 9.64 Å². The molecule has 0 radical (unpaired) electrons. The zero-order valence-electron chi connectivity index (χ0n) is 20.3. The summed E-state index contributed by atoms with van der Waals surface area (Å²) in [4.78, 5) is 11.4. The van der Waals surface area contributed by atoms with Crippen LogP contribution in [0.25, 0.3) is 22.2 Å². The summed E-state index contributed by atoms with van der Waals surface area (Å²) in [6.07, 6.45) is 1.80. The summed E-state index contributed by atoms with van der Waals surface area (Å²) in [5.74, 6) is 2.30. The normalized spacial score (nSPS) is 16.3. The van der Waals surface area contributed by atoms with E-state index in [-0.39, 0.29) is 18.9 Å². The van der Waals surface area contributed by atoms with Gasteiger partial charge in [-0.05, 0) is 35.9 Å². The number of nitrogens with zero attached hydrogens (tertiary/aromatic N) is 4. The number of hydrogen-bond acceptors (Lipinski definition) is 7. The van der Waals surface area contributed by atoms with Crippen LogP contribution in [-0.2, 0) is 17.9 Å². The summed E-state index contributed by atoms with van der Waals surface area (Å²) in [6, 6.07) is 16.5. The van der Waals surface area contributed by atoms with Crippen LogP contribution in [0.3, 0.4) is 0 Å². The van der Waals surface area contributed by atoms with Crippen LogP contribution in [0, 0.1) is 0 Å². The van der Waals surface area contributed by atoms with Gasteiger partial charge in [0, 0.05) is 37.5 Å². The third-order valence-electron chi connectivity index (χ3n) is 6.40. The summed E-state index contributed by atoms with van der Waals surface area (Å²) in [7, 11) is -0.881. The molecule has 3 heterocycles. The van der Waals surface area contributed by atoms with Gasteiger partial charge in [0.05, 0.1) is 29.1 Å². The minimum absolute atomic E-state index is 0.123. The van der Waals surface area contributed by atoms with Gasteiger partial charge in [-0.1, -0.05) is 24.3 Å². The van der Waals surface area contributed by atoms with Gasteiger partial charge in [0.15, 0.2) is 0 Å². The summed E-state index contributed by atoms with van der Waals surface area (Å²) in [5, 5.41) is 0. The van der Waals surface area contributed by atoms with Crippen molar-refractivity contribution < 1.29 is 27.4 Å². The summed E-state index contributed by atoms with van der Waals surface area (Å²) in [6.45, 7) is -1.26. The van der Waals surface area contributed by atoms with Gasteiger partial charge in [-0.25, -0.2) is 9.97 Å². The molecular weight excluding hydrogens is 502 g/mol. The molecule has 0 bridgehead atoms. The van der Waals surface area contributed by atoms with Gasteiger partial charge >= 0.3 is 6.61 Å². The van der Waals surface area contributed by atoms with Crippen molar-refractivity contribution in [1.82, 2.24) is 14.5 Å². The van der Waals surface area contributed by atoms with Crippen LogP contribution in [0.15, 0.2) is 60.8 Å². The fourth-order valence-corrected chi connectivity index (χ4v) is 5.71. The number of anilines is 1. The van der Waals surface area contributed by atoms with Gasteiger partial charge in [0.25, 0.3) is 0 Å². The average molecular weight is 531 g/mol. The van der Waals surface area contributed by atoms with E-state index in [4.69, 9.17) is 14.5 Å². The molecule has 0 unspecified atom stereocenters. The maximum Gasteiger partial charge on any atom is 0.387 e. The highest BCUT2D eigenvalue weighted by molar-refractivity contribution is 8.24. The van der Waals surface area contributed by atoms with E-state index in [0.717, 1.165) is 28.0 Å². The Balaban J connectivity index is 1.46. The van der Waals surface area contributed by atoms with Crippen LogP contribution in [0.1, 0.15) is 11.4 Å². The molecule has 1 aliphatic heterocycles. The quantitative estimate of drug-likeness (QED) is 0.312. The molecule has 0 saturated carbocycles. The predicted molar refractivity (Wildman–Crippen MR) is 141 cm³/mol. The molecule has 37 heavy (non-hydrogen) atoms. The van der Waals surface area contributed by atoms with Crippen molar-refractivity contribution in [3.63, 3.8) is 0 Å². The van der Waals surface area contributed by atoms with Crippen molar-refractivity contribution in [3.05, 3.63) is 72.2 Å². The molecule has 11 heteroatoms. The van der Waals surface area contributed by atoms with Crippen LogP contribution >= 0.6 is 10.6 Å². The molecule has 2 aromatic heterocycles. The first-order valence-electron chi connectivity index (χ1n) is 11.8. The number of ether oxygens (including phenoxy) is 2. The smallest absolute Gasteiger partial charge is 0.387 e. The number of fused-ring (bicyclic) bond motifs is 1. The van der Waals surface area contributed by atoms with Crippen molar-refractivity contribution in [3.8, 4) is 16.9 Å². The Hall–Kier alpha value is -3.25. The fourth-order valence-electron chi connectivity index (χ4n) is 4.48. The number of halogens is 2. The minimum atomic E-state index is -2.91. The Morgan fingerprint density at radius 1 is 1.03 bits per heavy atom. The maximum absolute atomic E-state index is 13.0. The molecule has 2 N–H and O–H groups in total. The van der Waals surface area contributed by atoms with E-state index in [1.54, 1.807) is 31.5 Å². The van der Waals surface area contributed by atoms with E-state index < -0.39 is 17.2 Å². The summed E-state index contributed by atoms with van der Waals surface area (Å²) in [5.41, 5.74) is 4.05. The molecule has 8 nitrogen and oxygen atoms in total. The Labute approximate surface area is 214 Å². The first-order valence-corrected chi connectivity index (χ1v) is 13.7. The van der Waals surface area contributed by atoms with Crippen LogP contribution in [0.4, 0.5) is 14.6 Å². The Kier molecular flexibility index (Phi) is 7.29. The SMILES string of the molecule is COCc1nc2ccc(-c3ccc(N4CCS(O)(O)CC4)nc3)cc2n1Cc1ccccc1OC(F)F. The zero-order valence-corrected chi connectivity index (χ0v) is 21.1. The first kappa shape index (κ1) is 25.4. The third-order valence-corrected chi connectivity index (χ3v) is 8.07. The standard InChI is InChI=1S/C26H28F2N4O4S/c1-35-17-25-30-21-8-6-18(19-7-9-24(29-15-19)31-10-12-37(33,34)13-11-31)14-22(21)32(25)16-20-4-2-3-5-23(20)36-26(27)28/h2-9,14-15,26,33-34H,10-13,16-17H2,1H3. The van der Waals surface area contributed by atoms with Gasteiger partial charge < -0.3 is 18.9 Å². The molecule has 5 rings (SSSR count). The average Bonchev–Trinajstić information content (AvgIpc) is 3.21. The first-order chi connectivity index (χ1) is 17.8. The Morgan fingerprint density at radius 3 is 2.49 bits per heavy atom. The molecule has 0 spiro atoms. The van der Waals surface area contributed by atoms with Crippen LogP contribution in [0.5, 0.6) is 5.75 Å². The third kappa shape index (κ3) is 5.69. The van der Waals surface area contributed by atoms with Gasteiger partial charge in [-0.3, -0.25) is 9.11 Å². The number of methoxy groups -OCH3 is 1. The van der Waals surface area contributed by atoms with E-state index in [9.17, 15) is 17.9 Å². The Bertz CT molecular complexity index is 1370. The van der Waals surface area contributed by atoms with E-state index in [1.165, 1.54) is 6.07 Å². The number of benzene rings is 2. The second-order valence-corrected chi connectivity index (χ2v) is 11.3. The molecule has 0 amide bonds. The second-order valence-electron chi connectivity index (χ2n) is 8.84. The van der Waals surface area contributed by atoms with E-state index in [1.807, 2.05) is 34.9 Å². The van der Waals surface area contributed by atoms with Crippen molar-refractivity contribution in [2.24, 2.45) is 0 Å². The molecule has 1 fully saturated rings. The largest absolute Gasteiger partial charge is 0.434 e. The maximum atomic E-state index is 13.0. The van der Waals surface area contributed by atoms with Gasteiger partial charge in [-0.2, -0.15) is 19.4 Å². The molecule has 0 atom stereocenters. The number of alkyl halides is 2. The van der Waals surface area contributed by atoms with Gasteiger partial charge in [-0.15, -0.1) is 0 Å². The van der Waals surface area contributed by atoms with E-state index >= 15 is 0 Å². The summed E-state index contributed by atoms with van der Waals surface area (Å²) < 4.78 is 57.7. The van der Waals surface area contributed by atoms with Crippen molar-refractivity contribution in [2.75, 3.05) is 36.6 Å². The number of hydrogen-bond donors (Lipinski definition) is 2. The highest BCUT2D eigenvalue weighted by Gasteiger charge is 2.23. The van der Waals surface area contributed by atoms with Crippen LogP contribution in [0.2, 0.25) is 0 Å².